The third kappa shape index (κ3) is 2.44. The van der Waals surface area contributed by atoms with Crippen LogP contribution in [-0.2, 0) is 0 Å². The number of anilines is 2. The Kier molecular flexibility index (Phi) is 3.21. The summed E-state index contributed by atoms with van der Waals surface area (Å²) in [5.41, 5.74) is 1.20. The van der Waals surface area contributed by atoms with Crippen LogP contribution in [-0.4, -0.2) is 16.1 Å². The molecule has 0 saturated heterocycles. The molecule has 0 saturated carbocycles. The zero-order chi connectivity index (χ0) is 13.0. The maximum atomic E-state index is 11.0. The summed E-state index contributed by atoms with van der Waals surface area (Å²) in [6, 6.07) is 11.8. The highest BCUT2D eigenvalue weighted by molar-refractivity contribution is 5.93. The summed E-state index contributed by atoms with van der Waals surface area (Å²) in [6.45, 7) is 0. The average Bonchev–Trinajstić information content (AvgIpc) is 2.39. The van der Waals surface area contributed by atoms with Gasteiger partial charge in [-0.25, -0.2) is 9.78 Å². The largest absolute Gasteiger partial charge is 0.478 e. The van der Waals surface area contributed by atoms with Gasteiger partial charge in [0.15, 0.2) is 0 Å². The van der Waals surface area contributed by atoms with Crippen LogP contribution in [0.3, 0.4) is 0 Å². The van der Waals surface area contributed by atoms with E-state index in [0.717, 1.165) is 0 Å². The van der Waals surface area contributed by atoms with Gasteiger partial charge in [0, 0.05) is 11.9 Å². The Balaban J connectivity index is 2.34. The van der Waals surface area contributed by atoms with Crippen molar-refractivity contribution in [2.24, 2.45) is 0 Å². The second-order valence-electron chi connectivity index (χ2n) is 3.52. The number of benzene rings is 1. The number of nitrogens with zero attached hydrogens (tertiary/aromatic N) is 2. The number of carboxylic acid groups (broad SMARTS) is 1. The number of rotatable bonds is 3. The minimum Gasteiger partial charge on any atom is -0.478 e. The van der Waals surface area contributed by atoms with E-state index in [1.165, 1.54) is 12.3 Å². The van der Waals surface area contributed by atoms with Crippen LogP contribution in [0.15, 0.2) is 42.6 Å². The molecule has 18 heavy (non-hydrogen) atoms. The molecule has 2 rings (SSSR count). The molecule has 0 amide bonds. The number of nitriles is 1. The average molecular weight is 239 g/mol. The topological polar surface area (TPSA) is 86.0 Å². The number of pyridine rings is 1. The van der Waals surface area contributed by atoms with E-state index in [9.17, 15) is 4.79 Å². The normalized spacial score (nSPS) is 9.50. The number of nitrogens with one attached hydrogen (secondary N) is 1. The fraction of sp³-hybridized carbons (Fsp3) is 0. The second-order valence-corrected chi connectivity index (χ2v) is 3.52. The lowest BCUT2D eigenvalue weighted by Gasteiger charge is -2.08. The number of carboxylic acids is 1. The van der Waals surface area contributed by atoms with Crippen LogP contribution in [0.5, 0.6) is 0 Å². The van der Waals surface area contributed by atoms with E-state index in [1.807, 2.05) is 6.07 Å². The molecule has 0 bridgehead atoms. The summed E-state index contributed by atoms with van der Waals surface area (Å²) in [7, 11) is 0. The molecule has 5 heteroatoms. The summed E-state index contributed by atoms with van der Waals surface area (Å²) in [4.78, 5) is 15.0. The van der Waals surface area contributed by atoms with Gasteiger partial charge in [-0.1, -0.05) is 6.07 Å². The van der Waals surface area contributed by atoms with Crippen LogP contribution < -0.4 is 5.32 Å². The van der Waals surface area contributed by atoms with Crippen LogP contribution in [0.2, 0.25) is 0 Å². The smallest absolute Gasteiger partial charge is 0.339 e. The highest BCUT2D eigenvalue weighted by Crippen LogP contribution is 2.19. The molecule has 0 aliphatic rings. The molecule has 0 aliphatic carbocycles. The zero-order valence-corrected chi connectivity index (χ0v) is 9.29. The molecule has 88 valence electrons. The van der Waals surface area contributed by atoms with Crippen LogP contribution in [0.25, 0.3) is 0 Å². The van der Waals surface area contributed by atoms with E-state index in [0.29, 0.717) is 11.3 Å². The first kappa shape index (κ1) is 11.6. The van der Waals surface area contributed by atoms with Crippen molar-refractivity contribution in [3.05, 3.63) is 53.7 Å². The van der Waals surface area contributed by atoms with Crippen molar-refractivity contribution in [2.75, 3.05) is 5.32 Å². The number of aromatic carboxylic acids is 1. The highest BCUT2D eigenvalue weighted by atomic mass is 16.4. The molecule has 0 unspecified atom stereocenters. The lowest BCUT2D eigenvalue weighted by molar-refractivity contribution is 0.0697. The quantitative estimate of drug-likeness (QED) is 0.858. The van der Waals surface area contributed by atoms with Crippen molar-refractivity contribution in [1.82, 2.24) is 4.98 Å². The predicted molar refractivity (Wildman–Crippen MR) is 65.6 cm³/mol. The van der Waals surface area contributed by atoms with Gasteiger partial charge in [-0.2, -0.15) is 5.26 Å². The Morgan fingerprint density at radius 3 is 2.89 bits per heavy atom. The predicted octanol–water partition coefficient (Wildman–Crippen LogP) is 2.40. The summed E-state index contributed by atoms with van der Waals surface area (Å²) in [5, 5.41) is 20.7. The van der Waals surface area contributed by atoms with Gasteiger partial charge >= 0.3 is 5.97 Å². The molecule has 1 heterocycles. The minimum absolute atomic E-state index is 0.0832. The molecule has 0 atom stereocenters. The number of hydrogen-bond acceptors (Lipinski definition) is 4. The SMILES string of the molecule is N#Cc1cccc(Nc2ncccc2C(=O)O)c1. The van der Waals surface area contributed by atoms with E-state index < -0.39 is 5.97 Å². The molecule has 0 radical (unpaired) electrons. The molecule has 0 fully saturated rings. The van der Waals surface area contributed by atoms with E-state index in [4.69, 9.17) is 10.4 Å². The highest BCUT2D eigenvalue weighted by Gasteiger charge is 2.10. The molecular formula is C13H9N3O2. The van der Waals surface area contributed by atoms with Gasteiger partial charge in [-0.15, -0.1) is 0 Å². The maximum Gasteiger partial charge on any atom is 0.339 e. The van der Waals surface area contributed by atoms with Gasteiger partial charge in [0.25, 0.3) is 0 Å². The maximum absolute atomic E-state index is 11.0. The van der Waals surface area contributed by atoms with Crippen molar-refractivity contribution in [2.45, 2.75) is 0 Å². The standard InChI is InChI=1S/C13H9N3O2/c14-8-9-3-1-4-10(7-9)16-12-11(13(17)18)5-2-6-15-12/h1-7H,(H,15,16)(H,17,18). The first-order valence-corrected chi connectivity index (χ1v) is 5.16. The molecule has 5 nitrogen and oxygen atoms in total. The lowest BCUT2D eigenvalue weighted by atomic mass is 10.2. The Morgan fingerprint density at radius 1 is 1.33 bits per heavy atom. The van der Waals surface area contributed by atoms with Gasteiger partial charge < -0.3 is 10.4 Å². The minimum atomic E-state index is -1.05. The monoisotopic (exact) mass is 239 g/mol. The summed E-state index contributed by atoms with van der Waals surface area (Å²) < 4.78 is 0. The van der Waals surface area contributed by atoms with Crippen molar-refractivity contribution in [3.8, 4) is 6.07 Å². The molecular weight excluding hydrogens is 230 g/mol. The van der Waals surface area contributed by atoms with Crippen LogP contribution >= 0.6 is 0 Å². The van der Waals surface area contributed by atoms with Crippen molar-refractivity contribution in [3.63, 3.8) is 0 Å². The van der Waals surface area contributed by atoms with E-state index in [2.05, 4.69) is 10.3 Å². The summed E-state index contributed by atoms with van der Waals surface area (Å²) in [6.07, 6.45) is 1.50. The fourth-order valence-electron chi connectivity index (χ4n) is 1.48. The van der Waals surface area contributed by atoms with Crippen molar-refractivity contribution >= 4 is 17.5 Å². The molecule has 2 aromatic rings. The zero-order valence-electron chi connectivity index (χ0n) is 9.29. The van der Waals surface area contributed by atoms with Gasteiger partial charge in [0.2, 0.25) is 0 Å². The van der Waals surface area contributed by atoms with Gasteiger partial charge in [0.1, 0.15) is 11.4 Å². The van der Waals surface area contributed by atoms with Gasteiger partial charge in [-0.05, 0) is 30.3 Å². The second kappa shape index (κ2) is 4.97. The summed E-state index contributed by atoms with van der Waals surface area (Å²) in [5.74, 6) is -0.804. The third-order valence-corrected chi connectivity index (χ3v) is 2.29. The van der Waals surface area contributed by atoms with E-state index >= 15 is 0 Å². The Labute approximate surface area is 103 Å². The number of carbonyl (C=O) groups is 1. The number of hydrogen-bond donors (Lipinski definition) is 2. The van der Waals surface area contributed by atoms with Gasteiger partial charge in [0.05, 0.1) is 11.6 Å². The van der Waals surface area contributed by atoms with Crippen LogP contribution in [0.4, 0.5) is 11.5 Å². The Bertz CT molecular complexity index is 632. The van der Waals surface area contributed by atoms with E-state index in [-0.39, 0.29) is 11.4 Å². The fourth-order valence-corrected chi connectivity index (χ4v) is 1.48. The van der Waals surface area contributed by atoms with Crippen LogP contribution in [0.1, 0.15) is 15.9 Å². The molecule has 0 spiro atoms. The van der Waals surface area contributed by atoms with Crippen molar-refractivity contribution in [1.29, 1.82) is 5.26 Å². The third-order valence-electron chi connectivity index (χ3n) is 2.29. The van der Waals surface area contributed by atoms with Crippen molar-refractivity contribution < 1.29 is 9.90 Å². The van der Waals surface area contributed by atoms with E-state index in [1.54, 1.807) is 30.3 Å². The molecule has 1 aromatic heterocycles. The molecule has 1 aromatic carbocycles. The Morgan fingerprint density at radius 2 is 2.17 bits per heavy atom. The lowest BCUT2D eigenvalue weighted by Crippen LogP contribution is -2.04. The number of aromatic nitrogens is 1. The molecule has 0 aliphatic heterocycles. The first-order chi connectivity index (χ1) is 8.70. The Hall–Kier alpha value is -2.87. The van der Waals surface area contributed by atoms with Crippen LogP contribution in [0, 0.1) is 11.3 Å². The van der Waals surface area contributed by atoms with Gasteiger partial charge in [-0.3, -0.25) is 0 Å². The molecule has 2 N–H and O–H groups in total. The first-order valence-electron chi connectivity index (χ1n) is 5.16. The summed E-state index contributed by atoms with van der Waals surface area (Å²) >= 11 is 0.